The number of aryl methyl sites for hydroxylation is 1. The van der Waals surface area contributed by atoms with Crippen molar-refractivity contribution in [3.8, 4) is 10.8 Å². The summed E-state index contributed by atoms with van der Waals surface area (Å²) in [5.74, 6) is 0.219. The number of thiazole rings is 1. The standard InChI is InChI=1S/C19H18FN3O2S.2ClH/c1-12-17(22-18(26-12)16-6-3-9-25-16)19(24)23-8-7-21-11-15(23)13-4-2-5-14(20)10-13;;/h2-6,9-10,15,21H,7-8,11H2,1H3;2*1H. The van der Waals surface area contributed by atoms with E-state index in [0.29, 0.717) is 36.1 Å². The van der Waals surface area contributed by atoms with E-state index in [1.165, 1.54) is 23.5 Å². The Kier molecular flexibility index (Phi) is 7.60. The molecule has 0 spiro atoms. The van der Waals surface area contributed by atoms with Gasteiger partial charge >= 0.3 is 0 Å². The van der Waals surface area contributed by atoms with Crippen molar-refractivity contribution < 1.29 is 13.6 Å². The molecule has 9 heteroatoms. The molecule has 0 bridgehead atoms. The van der Waals surface area contributed by atoms with Crippen LogP contribution in [-0.4, -0.2) is 35.4 Å². The lowest BCUT2D eigenvalue weighted by molar-refractivity contribution is 0.0628. The van der Waals surface area contributed by atoms with Crippen LogP contribution in [-0.2, 0) is 0 Å². The molecule has 1 aliphatic rings. The van der Waals surface area contributed by atoms with Crippen LogP contribution in [0.15, 0.2) is 47.1 Å². The van der Waals surface area contributed by atoms with Crippen molar-refractivity contribution in [2.75, 3.05) is 19.6 Å². The Hall–Kier alpha value is -1.93. The van der Waals surface area contributed by atoms with Crippen molar-refractivity contribution in [1.29, 1.82) is 0 Å². The maximum absolute atomic E-state index is 13.7. The van der Waals surface area contributed by atoms with Gasteiger partial charge in [0.1, 0.15) is 11.5 Å². The fourth-order valence-corrected chi connectivity index (χ4v) is 4.07. The second-order valence-corrected chi connectivity index (χ2v) is 7.38. The summed E-state index contributed by atoms with van der Waals surface area (Å²) in [6.07, 6.45) is 1.59. The quantitative estimate of drug-likeness (QED) is 0.647. The lowest BCUT2D eigenvalue weighted by atomic mass is 10.0. The van der Waals surface area contributed by atoms with Crippen LogP contribution in [0.3, 0.4) is 0 Å². The van der Waals surface area contributed by atoms with Crippen molar-refractivity contribution in [2.45, 2.75) is 13.0 Å². The summed E-state index contributed by atoms with van der Waals surface area (Å²) >= 11 is 1.44. The molecule has 1 aromatic carbocycles. The average molecular weight is 444 g/mol. The first-order chi connectivity index (χ1) is 12.6. The van der Waals surface area contributed by atoms with Crippen LogP contribution >= 0.6 is 36.2 Å². The van der Waals surface area contributed by atoms with Crippen LogP contribution in [0.2, 0.25) is 0 Å². The van der Waals surface area contributed by atoms with E-state index in [9.17, 15) is 9.18 Å². The molecule has 0 aliphatic carbocycles. The molecule has 1 amide bonds. The van der Waals surface area contributed by atoms with Crippen LogP contribution in [0.1, 0.15) is 27.0 Å². The van der Waals surface area contributed by atoms with Gasteiger partial charge in [-0.2, -0.15) is 0 Å². The highest BCUT2D eigenvalue weighted by atomic mass is 35.5. The summed E-state index contributed by atoms with van der Waals surface area (Å²) in [6, 6.07) is 9.82. The molecule has 4 rings (SSSR count). The molecule has 0 radical (unpaired) electrons. The van der Waals surface area contributed by atoms with Crippen molar-refractivity contribution in [3.05, 3.63) is 64.6 Å². The molecule has 0 saturated carbocycles. The van der Waals surface area contributed by atoms with Gasteiger partial charge in [0.2, 0.25) is 0 Å². The minimum Gasteiger partial charge on any atom is -0.462 e. The first-order valence-corrected chi connectivity index (χ1v) is 9.23. The number of furan rings is 1. The smallest absolute Gasteiger partial charge is 0.274 e. The molecule has 2 aromatic heterocycles. The van der Waals surface area contributed by atoms with Crippen molar-refractivity contribution >= 4 is 42.1 Å². The van der Waals surface area contributed by atoms with Crippen LogP contribution in [0.5, 0.6) is 0 Å². The number of piperazine rings is 1. The van der Waals surface area contributed by atoms with Gasteiger partial charge in [0.25, 0.3) is 5.91 Å². The third-order valence-electron chi connectivity index (χ3n) is 4.47. The predicted octanol–water partition coefficient (Wildman–Crippen LogP) is 4.48. The molecule has 5 nitrogen and oxygen atoms in total. The van der Waals surface area contributed by atoms with E-state index in [4.69, 9.17) is 4.42 Å². The third-order valence-corrected chi connectivity index (χ3v) is 5.45. The van der Waals surface area contributed by atoms with E-state index in [1.807, 2.05) is 19.1 Å². The van der Waals surface area contributed by atoms with Gasteiger partial charge < -0.3 is 14.6 Å². The lowest BCUT2D eigenvalue weighted by Gasteiger charge is -2.36. The molecular weight excluding hydrogens is 424 g/mol. The Morgan fingerprint density at radius 3 is 2.86 bits per heavy atom. The number of hydrogen-bond acceptors (Lipinski definition) is 5. The second kappa shape index (κ2) is 9.52. The topological polar surface area (TPSA) is 58.4 Å². The van der Waals surface area contributed by atoms with Gasteiger partial charge in [-0.15, -0.1) is 36.2 Å². The van der Waals surface area contributed by atoms with Gasteiger partial charge in [-0.3, -0.25) is 4.79 Å². The summed E-state index contributed by atoms with van der Waals surface area (Å²) < 4.78 is 19.0. The third kappa shape index (κ3) is 4.38. The minimum atomic E-state index is -0.301. The molecule has 1 fully saturated rings. The highest BCUT2D eigenvalue weighted by Gasteiger charge is 2.31. The van der Waals surface area contributed by atoms with Gasteiger partial charge in [-0.1, -0.05) is 12.1 Å². The monoisotopic (exact) mass is 443 g/mol. The van der Waals surface area contributed by atoms with Crippen LogP contribution in [0.4, 0.5) is 4.39 Å². The first-order valence-electron chi connectivity index (χ1n) is 8.42. The maximum Gasteiger partial charge on any atom is 0.274 e. The van der Waals surface area contributed by atoms with E-state index in [1.54, 1.807) is 23.3 Å². The maximum atomic E-state index is 13.7. The SMILES string of the molecule is Cc1sc(-c2ccco2)nc1C(=O)N1CCNCC1c1cccc(F)c1.Cl.Cl. The zero-order valence-corrected chi connectivity index (χ0v) is 17.5. The second-order valence-electron chi connectivity index (χ2n) is 6.17. The number of halogens is 3. The molecule has 1 atom stereocenters. The van der Waals surface area contributed by atoms with Crippen molar-refractivity contribution in [3.63, 3.8) is 0 Å². The van der Waals surface area contributed by atoms with E-state index < -0.39 is 0 Å². The zero-order valence-electron chi connectivity index (χ0n) is 15.1. The minimum absolute atomic E-state index is 0. The van der Waals surface area contributed by atoms with E-state index in [0.717, 1.165) is 10.4 Å². The predicted molar refractivity (Wildman–Crippen MR) is 112 cm³/mol. The van der Waals surface area contributed by atoms with Crippen molar-refractivity contribution in [1.82, 2.24) is 15.2 Å². The molecule has 1 saturated heterocycles. The number of carbonyl (C=O) groups excluding carboxylic acids is 1. The number of rotatable bonds is 3. The molecule has 1 aliphatic heterocycles. The highest BCUT2D eigenvalue weighted by Crippen LogP contribution is 2.31. The molecule has 28 heavy (non-hydrogen) atoms. The van der Waals surface area contributed by atoms with Gasteiger partial charge in [0, 0.05) is 24.5 Å². The van der Waals surface area contributed by atoms with Gasteiger partial charge in [-0.25, -0.2) is 9.37 Å². The summed E-state index contributed by atoms with van der Waals surface area (Å²) in [5, 5.41) is 3.97. The van der Waals surface area contributed by atoms with Gasteiger partial charge in [0.05, 0.1) is 12.3 Å². The fourth-order valence-electron chi connectivity index (χ4n) is 3.20. The summed E-state index contributed by atoms with van der Waals surface area (Å²) in [4.78, 5) is 20.3. The Balaban J connectivity index is 0.00000140. The number of aromatic nitrogens is 1. The first kappa shape index (κ1) is 22.4. The normalized spacial score (nSPS) is 16.2. The molecule has 3 heterocycles. The number of benzene rings is 1. The number of carbonyl (C=O) groups is 1. The van der Waals surface area contributed by atoms with Gasteiger partial charge in [0.15, 0.2) is 10.8 Å². The average Bonchev–Trinajstić information content (AvgIpc) is 3.31. The van der Waals surface area contributed by atoms with Crippen LogP contribution in [0.25, 0.3) is 10.8 Å². The van der Waals surface area contributed by atoms with E-state index >= 15 is 0 Å². The molecule has 1 N–H and O–H groups in total. The van der Waals surface area contributed by atoms with Crippen LogP contribution < -0.4 is 5.32 Å². The number of hydrogen-bond donors (Lipinski definition) is 1. The fraction of sp³-hybridized carbons (Fsp3) is 0.263. The van der Waals surface area contributed by atoms with Crippen molar-refractivity contribution in [2.24, 2.45) is 0 Å². The van der Waals surface area contributed by atoms with E-state index in [2.05, 4.69) is 10.3 Å². The Labute approximate surface area is 178 Å². The number of amides is 1. The lowest BCUT2D eigenvalue weighted by Crippen LogP contribution is -2.49. The summed E-state index contributed by atoms with van der Waals surface area (Å²) in [5.41, 5.74) is 1.22. The summed E-state index contributed by atoms with van der Waals surface area (Å²) in [7, 11) is 0. The molecule has 3 aromatic rings. The Bertz CT molecular complexity index is 933. The number of nitrogens with zero attached hydrogens (tertiary/aromatic N) is 2. The largest absolute Gasteiger partial charge is 0.462 e. The zero-order chi connectivity index (χ0) is 18.1. The Morgan fingerprint density at radius 2 is 2.14 bits per heavy atom. The molecule has 150 valence electrons. The number of nitrogens with one attached hydrogen (secondary N) is 1. The van der Waals surface area contributed by atoms with Gasteiger partial charge in [-0.05, 0) is 36.8 Å². The highest BCUT2D eigenvalue weighted by molar-refractivity contribution is 7.15. The van der Waals surface area contributed by atoms with E-state index in [-0.39, 0.29) is 42.6 Å². The summed E-state index contributed by atoms with van der Waals surface area (Å²) in [6.45, 7) is 3.72. The van der Waals surface area contributed by atoms with Crippen LogP contribution in [0, 0.1) is 12.7 Å². The molecule has 1 unspecified atom stereocenters. The Morgan fingerprint density at radius 1 is 1.32 bits per heavy atom. The molecular formula is C19H20Cl2FN3O2S.